The van der Waals surface area contributed by atoms with Gasteiger partial charge in [0.25, 0.3) is 5.56 Å². The minimum Gasteiger partial charge on any atom is -0.462 e. The number of nitrogens with zero attached hydrogens (tertiary/aromatic N) is 2. The van der Waals surface area contributed by atoms with Crippen LogP contribution in [-0.4, -0.2) is 28.9 Å². The maximum atomic E-state index is 13.7. The number of carbonyl (C=O) groups is 1. The van der Waals surface area contributed by atoms with Crippen LogP contribution in [-0.2, 0) is 17.0 Å². The molecule has 180 valence electrons. The molecule has 3 heterocycles. The third-order valence-corrected chi connectivity index (χ3v) is 7.72. The van der Waals surface area contributed by atoms with E-state index >= 15 is 0 Å². The number of thiophene rings is 1. The summed E-state index contributed by atoms with van der Waals surface area (Å²) in [6, 6.07) is 11.8. The predicted molar refractivity (Wildman–Crippen MR) is 132 cm³/mol. The van der Waals surface area contributed by atoms with E-state index in [1.54, 1.807) is 24.5 Å². The van der Waals surface area contributed by atoms with Gasteiger partial charge in [-0.15, -0.1) is 11.3 Å². The standard InChI is InChI=1S/C25H21FN2O5S2/c1-3-31-24(30)21-14(2)20-22(35-21)27-25(34-12-16-5-4-6-17(26)9-16)28(23(20)29)11-15-7-8-18-19(10-15)33-13-32-18/h4-10H,3,11-13H2,1-2H3. The lowest BCUT2D eigenvalue weighted by Crippen LogP contribution is -2.24. The maximum absolute atomic E-state index is 13.7. The average Bonchev–Trinajstić information content (AvgIpc) is 3.44. The SMILES string of the molecule is CCOC(=O)c1sc2nc(SCc3cccc(F)c3)n(Cc3ccc4c(c3)OCO4)c(=O)c2c1C. The summed E-state index contributed by atoms with van der Waals surface area (Å²) in [7, 11) is 0. The zero-order chi connectivity index (χ0) is 24.5. The van der Waals surface area contributed by atoms with Gasteiger partial charge in [-0.05, 0) is 54.8 Å². The summed E-state index contributed by atoms with van der Waals surface area (Å²) in [5.74, 6) is 0.908. The molecule has 0 saturated heterocycles. The van der Waals surface area contributed by atoms with Crippen molar-refractivity contribution < 1.29 is 23.4 Å². The molecule has 0 bridgehead atoms. The first-order chi connectivity index (χ1) is 16.9. The van der Waals surface area contributed by atoms with Crippen molar-refractivity contribution in [2.24, 2.45) is 0 Å². The lowest BCUT2D eigenvalue weighted by Gasteiger charge is -2.13. The normalized spacial score (nSPS) is 12.3. The van der Waals surface area contributed by atoms with Crippen molar-refractivity contribution in [1.82, 2.24) is 9.55 Å². The van der Waals surface area contributed by atoms with E-state index in [1.807, 2.05) is 24.3 Å². The zero-order valence-corrected chi connectivity index (χ0v) is 20.6. The van der Waals surface area contributed by atoms with Crippen molar-refractivity contribution in [3.8, 4) is 11.5 Å². The van der Waals surface area contributed by atoms with Gasteiger partial charge in [-0.2, -0.15) is 0 Å². The second-order valence-corrected chi connectivity index (χ2v) is 9.79. The number of thioether (sulfide) groups is 1. The van der Waals surface area contributed by atoms with Crippen molar-refractivity contribution in [2.75, 3.05) is 13.4 Å². The summed E-state index contributed by atoms with van der Waals surface area (Å²) in [5.41, 5.74) is 1.91. The molecule has 0 radical (unpaired) electrons. The number of rotatable bonds is 7. The smallest absolute Gasteiger partial charge is 0.348 e. The number of benzene rings is 2. The van der Waals surface area contributed by atoms with Gasteiger partial charge in [-0.3, -0.25) is 9.36 Å². The summed E-state index contributed by atoms with van der Waals surface area (Å²) in [6.45, 7) is 4.11. The Morgan fingerprint density at radius 1 is 1.20 bits per heavy atom. The van der Waals surface area contributed by atoms with E-state index in [0.29, 0.717) is 43.1 Å². The van der Waals surface area contributed by atoms with E-state index in [0.717, 1.165) is 22.5 Å². The summed E-state index contributed by atoms with van der Waals surface area (Å²) in [6.07, 6.45) is 0. The van der Waals surface area contributed by atoms with Crippen LogP contribution >= 0.6 is 23.1 Å². The van der Waals surface area contributed by atoms with Gasteiger partial charge in [0.1, 0.15) is 15.5 Å². The molecule has 0 aliphatic carbocycles. The zero-order valence-electron chi connectivity index (χ0n) is 19.0. The van der Waals surface area contributed by atoms with Crippen molar-refractivity contribution in [2.45, 2.75) is 31.3 Å². The van der Waals surface area contributed by atoms with Crippen molar-refractivity contribution in [3.05, 3.63) is 80.2 Å². The Morgan fingerprint density at radius 2 is 2.03 bits per heavy atom. The lowest BCUT2D eigenvalue weighted by atomic mass is 10.2. The summed E-state index contributed by atoms with van der Waals surface area (Å²) in [4.78, 5) is 31.8. The van der Waals surface area contributed by atoms with Crippen LogP contribution < -0.4 is 15.0 Å². The first-order valence-corrected chi connectivity index (χ1v) is 12.7. The number of ether oxygens (including phenoxy) is 3. The second kappa shape index (κ2) is 9.71. The van der Waals surface area contributed by atoms with E-state index in [-0.39, 0.29) is 31.3 Å². The van der Waals surface area contributed by atoms with Crippen molar-refractivity contribution in [1.29, 1.82) is 0 Å². The Labute approximate surface area is 208 Å². The number of halogens is 1. The highest BCUT2D eigenvalue weighted by Gasteiger charge is 2.23. The molecule has 4 aromatic rings. The van der Waals surface area contributed by atoms with Crippen LogP contribution in [0, 0.1) is 12.7 Å². The summed E-state index contributed by atoms with van der Waals surface area (Å²) < 4.78 is 31.3. The van der Waals surface area contributed by atoms with Crippen LogP contribution in [0.25, 0.3) is 10.2 Å². The number of aryl methyl sites for hydroxylation is 1. The largest absolute Gasteiger partial charge is 0.462 e. The minimum atomic E-state index is -0.469. The molecule has 2 aromatic carbocycles. The molecule has 10 heteroatoms. The molecule has 35 heavy (non-hydrogen) atoms. The molecule has 2 aromatic heterocycles. The molecule has 0 amide bonds. The number of aromatic nitrogens is 2. The molecule has 5 rings (SSSR count). The van der Waals surface area contributed by atoms with Crippen LogP contribution in [0.2, 0.25) is 0 Å². The third-order valence-electron chi connectivity index (χ3n) is 5.51. The van der Waals surface area contributed by atoms with Crippen molar-refractivity contribution >= 4 is 39.3 Å². The fourth-order valence-electron chi connectivity index (χ4n) is 3.84. The second-order valence-electron chi connectivity index (χ2n) is 7.85. The van der Waals surface area contributed by atoms with Gasteiger partial charge in [0.15, 0.2) is 16.7 Å². The Hall–Kier alpha value is -3.37. The molecular formula is C25H21FN2O5S2. The maximum Gasteiger partial charge on any atom is 0.348 e. The van der Waals surface area contributed by atoms with Crippen LogP contribution in [0.3, 0.4) is 0 Å². The Morgan fingerprint density at radius 3 is 2.83 bits per heavy atom. The molecular weight excluding hydrogens is 491 g/mol. The molecule has 0 unspecified atom stereocenters. The number of hydrogen-bond acceptors (Lipinski definition) is 8. The van der Waals surface area contributed by atoms with Gasteiger partial charge in [0, 0.05) is 5.75 Å². The van der Waals surface area contributed by atoms with Crippen LogP contribution in [0.5, 0.6) is 11.5 Å². The Balaban J connectivity index is 1.59. The van der Waals surface area contributed by atoms with Crippen molar-refractivity contribution in [3.63, 3.8) is 0 Å². The molecule has 0 N–H and O–H groups in total. The fraction of sp³-hybridized carbons (Fsp3) is 0.240. The molecule has 0 fully saturated rings. The van der Waals surface area contributed by atoms with Crippen LogP contribution in [0.4, 0.5) is 4.39 Å². The molecule has 1 aliphatic rings. The van der Waals surface area contributed by atoms with E-state index in [2.05, 4.69) is 0 Å². The molecule has 1 aliphatic heterocycles. The number of fused-ring (bicyclic) bond motifs is 2. The molecule has 7 nitrogen and oxygen atoms in total. The first-order valence-electron chi connectivity index (χ1n) is 10.9. The van der Waals surface area contributed by atoms with Gasteiger partial charge in [0.05, 0.1) is 18.5 Å². The number of carbonyl (C=O) groups excluding carboxylic acids is 1. The number of esters is 1. The monoisotopic (exact) mass is 512 g/mol. The average molecular weight is 513 g/mol. The third kappa shape index (κ3) is 4.63. The number of hydrogen-bond donors (Lipinski definition) is 0. The topological polar surface area (TPSA) is 79.7 Å². The lowest BCUT2D eigenvalue weighted by molar-refractivity contribution is 0.0531. The van der Waals surface area contributed by atoms with E-state index in [9.17, 15) is 14.0 Å². The van der Waals surface area contributed by atoms with Gasteiger partial charge in [0.2, 0.25) is 6.79 Å². The highest BCUT2D eigenvalue weighted by atomic mass is 32.2. The Kier molecular flexibility index (Phi) is 6.48. The van der Waals surface area contributed by atoms with Gasteiger partial charge in [-0.25, -0.2) is 14.2 Å². The summed E-state index contributed by atoms with van der Waals surface area (Å²) >= 11 is 2.48. The van der Waals surface area contributed by atoms with E-state index in [4.69, 9.17) is 19.2 Å². The predicted octanol–water partition coefficient (Wildman–Crippen LogP) is 5.15. The van der Waals surface area contributed by atoms with Gasteiger partial charge < -0.3 is 14.2 Å². The fourth-order valence-corrected chi connectivity index (χ4v) is 5.89. The Bertz CT molecular complexity index is 1500. The van der Waals surface area contributed by atoms with Gasteiger partial charge >= 0.3 is 5.97 Å². The highest BCUT2D eigenvalue weighted by Crippen LogP contribution is 2.34. The van der Waals surface area contributed by atoms with Crippen LogP contribution in [0.15, 0.2) is 52.4 Å². The molecule has 0 atom stereocenters. The summed E-state index contributed by atoms with van der Waals surface area (Å²) in [5, 5.41) is 0.870. The quantitative estimate of drug-likeness (QED) is 0.192. The van der Waals surface area contributed by atoms with Gasteiger partial charge in [-0.1, -0.05) is 30.0 Å². The molecule has 0 saturated carbocycles. The van der Waals surface area contributed by atoms with E-state index < -0.39 is 5.97 Å². The first kappa shape index (κ1) is 23.4. The minimum absolute atomic E-state index is 0.158. The molecule has 0 spiro atoms. The van der Waals surface area contributed by atoms with E-state index in [1.165, 1.54) is 23.9 Å². The van der Waals surface area contributed by atoms with Crippen LogP contribution in [0.1, 0.15) is 33.3 Å². The highest BCUT2D eigenvalue weighted by molar-refractivity contribution is 7.98.